The van der Waals surface area contributed by atoms with Crippen molar-refractivity contribution in [3.63, 3.8) is 0 Å². The zero-order valence-electron chi connectivity index (χ0n) is 6.78. The van der Waals surface area contributed by atoms with Crippen LogP contribution in [-0.2, 0) is 10.1 Å². The van der Waals surface area contributed by atoms with Crippen LogP contribution in [0.2, 0.25) is 5.02 Å². The molecule has 0 fully saturated rings. The first-order valence-corrected chi connectivity index (χ1v) is 5.18. The maximum Gasteiger partial charge on any atom is 0.296 e. The minimum atomic E-state index is -4.26. The SMILES string of the molecule is Cc1c(Cl)ccc(S(=O)(=O)O)c1N. The Bertz CT molecular complexity index is 441. The van der Waals surface area contributed by atoms with Crippen LogP contribution in [0.1, 0.15) is 5.56 Å². The normalized spacial score (nSPS) is 11.6. The predicted octanol–water partition coefficient (Wildman–Crippen LogP) is 1.48. The van der Waals surface area contributed by atoms with E-state index in [0.717, 1.165) is 0 Å². The summed E-state index contributed by atoms with van der Waals surface area (Å²) in [6.45, 7) is 1.58. The molecule has 0 amide bonds. The zero-order chi connectivity index (χ0) is 10.2. The van der Waals surface area contributed by atoms with Gasteiger partial charge in [-0.3, -0.25) is 4.55 Å². The number of nitrogens with two attached hydrogens (primary N) is 1. The Morgan fingerprint density at radius 3 is 2.46 bits per heavy atom. The second-order valence-electron chi connectivity index (χ2n) is 2.56. The number of hydrogen-bond donors (Lipinski definition) is 2. The molecular formula is C7H8ClNO3S. The third kappa shape index (κ3) is 1.93. The van der Waals surface area contributed by atoms with Gasteiger partial charge in [-0.2, -0.15) is 8.42 Å². The van der Waals surface area contributed by atoms with E-state index >= 15 is 0 Å². The van der Waals surface area contributed by atoms with Gasteiger partial charge in [0.1, 0.15) is 4.90 Å². The number of hydrogen-bond acceptors (Lipinski definition) is 3. The van der Waals surface area contributed by atoms with E-state index in [9.17, 15) is 8.42 Å². The van der Waals surface area contributed by atoms with Crippen molar-refractivity contribution in [2.24, 2.45) is 0 Å². The first kappa shape index (κ1) is 10.3. The quantitative estimate of drug-likeness (QED) is 0.556. The predicted molar refractivity (Wildman–Crippen MR) is 50.4 cm³/mol. The fraction of sp³-hybridized carbons (Fsp3) is 0.143. The first-order chi connectivity index (χ1) is 5.84. The Morgan fingerprint density at radius 2 is 2.00 bits per heavy atom. The number of rotatable bonds is 1. The van der Waals surface area contributed by atoms with E-state index in [4.69, 9.17) is 21.9 Å². The molecule has 0 radical (unpaired) electrons. The van der Waals surface area contributed by atoms with Crippen LogP contribution in [0.25, 0.3) is 0 Å². The van der Waals surface area contributed by atoms with E-state index in [0.29, 0.717) is 10.6 Å². The van der Waals surface area contributed by atoms with Gasteiger partial charge in [0.2, 0.25) is 0 Å². The average molecular weight is 222 g/mol. The molecule has 0 unspecified atom stereocenters. The molecule has 0 bridgehead atoms. The third-order valence-electron chi connectivity index (χ3n) is 1.69. The van der Waals surface area contributed by atoms with Crippen LogP contribution in [0.4, 0.5) is 5.69 Å². The molecule has 72 valence electrons. The minimum Gasteiger partial charge on any atom is -0.397 e. The van der Waals surface area contributed by atoms with Crippen molar-refractivity contribution < 1.29 is 13.0 Å². The fourth-order valence-electron chi connectivity index (χ4n) is 0.902. The van der Waals surface area contributed by atoms with Gasteiger partial charge in [-0.05, 0) is 24.6 Å². The second kappa shape index (κ2) is 3.17. The molecule has 0 atom stereocenters. The van der Waals surface area contributed by atoms with Crippen LogP contribution in [-0.4, -0.2) is 13.0 Å². The summed E-state index contributed by atoms with van der Waals surface area (Å²) in [5.41, 5.74) is 5.87. The fourth-order valence-corrected chi connectivity index (χ4v) is 1.74. The monoisotopic (exact) mass is 221 g/mol. The molecule has 13 heavy (non-hydrogen) atoms. The van der Waals surface area contributed by atoms with Crippen molar-refractivity contribution in [2.45, 2.75) is 11.8 Å². The van der Waals surface area contributed by atoms with Gasteiger partial charge in [0.15, 0.2) is 0 Å². The van der Waals surface area contributed by atoms with Crippen molar-refractivity contribution in [1.29, 1.82) is 0 Å². The van der Waals surface area contributed by atoms with Crippen molar-refractivity contribution >= 4 is 27.4 Å². The van der Waals surface area contributed by atoms with E-state index in [-0.39, 0.29) is 10.6 Å². The minimum absolute atomic E-state index is 0.0185. The Hall–Kier alpha value is -0.780. The van der Waals surface area contributed by atoms with Gasteiger partial charge in [-0.25, -0.2) is 0 Å². The van der Waals surface area contributed by atoms with Gasteiger partial charge in [-0.15, -0.1) is 0 Å². The van der Waals surface area contributed by atoms with Crippen molar-refractivity contribution in [2.75, 3.05) is 5.73 Å². The Morgan fingerprint density at radius 1 is 1.46 bits per heavy atom. The summed E-state index contributed by atoms with van der Waals surface area (Å²) < 4.78 is 30.2. The van der Waals surface area contributed by atoms with Crippen molar-refractivity contribution in [1.82, 2.24) is 0 Å². The first-order valence-electron chi connectivity index (χ1n) is 3.36. The maximum atomic E-state index is 10.7. The number of benzene rings is 1. The second-order valence-corrected chi connectivity index (χ2v) is 4.36. The summed E-state index contributed by atoms with van der Waals surface area (Å²) in [5, 5.41) is 0.366. The highest BCUT2D eigenvalue weighted by Crippen LogP contribution is 2.27. The molecule has 1 aromatic rings. The third-order valence-corrected chi connectivity index (χ3v) is 3.01. The number of halogens is 1. The summed E-state index contributed by atoms with van der Waals surface area (Å²) >= 11 is 5.68. The van der Waals surface area contributed by atoms with Crippen molar-refractivity contribution in [3.05, 3.63) is 22.7 Å². The Labute approximate surface area is 81.1 Å². The molecule has 0 aliphatic rings. The molecule has 3 N–H and O–H groups in total. The van der Waals surface area contributed by atoms with Crippen molar-refractivity contribution in [3.8, 4) is 0 Å². The van der Waals surface area contributed by atoms with Gasteiger partial charge >= 0.3 is 0 Å². The smallest absolute Gasteiger partial charge is 0.296 e. The highest BCUT2D eigenvalue weighted by atomic mass is 35.5. The van der Waals surface area contributed by atoms with Crippen LogP contribution < -0.4 is 5.73 Å². The molecule has 4 nitrogen and oxygen atoms in total. The molecule has 0 aromatic heterocycles. The number of anilines is 1. The van der Waals surface area contributed by atoms with Gasteiger partial charge in [0.05, 0.1) is 5.69 Å². The lowest BCUT2D eigenvalue weighted by molar-refractivity contribution is 0.483. The maximum absolute atomic E-state index is 10.7. The number of nitrogen functional groups attached to an aromatic ring is 1. The molecular weight excluding hydrogens is 214 g/mol. The van der Waals surface area contributed by atoms with Crippen LogP contribution in [0.3, 0.4) is 0 Å². The Balaban J connectivity index is 3.53. The lowest BCUT2D eigenvalue weighted by Crippen LogP contribution is -2.04. The van der Waals surface area contributed by atoms with Crippen LogP contribution in [0.15, 0.2) is 17.0 Å². The molecule has 0 spiro atoms. The van der Waals surface area contributed by atoms with Crippen LogP contribution >= 0.6 is 11.6 Å². The molecule has 1 aromatic carbocycles. The molecule has 6 heteroatoms. The molecule has 1 rings (SSSR count). The van der Waals surface area contributed by atoms with Gasteiger partial charge in [0.25, 0.3) is 10.1 Å². The molecule has 0 heterocycles. The summed E-state index contributed by atoms with van der Waals surface area (Å²) in [6, 6.07) is 2.54. The highest BCUT2D eigenvalue weighted by molar-refractivity contribution is 7.86. The van der Waals surface area contributed by atoms with E-state index in [1.807, 2.05) is 0 Å². The summed E-state index contributed by atoms with van der Waals surface area (Å²) in [5.74, 6) is 0. The van der Waals surface area contributed by atoms with Gasteiger partial charge in [-0.1, -0.05) is 11.6 Å². The summed E-state index contributed by atoms with van der Waals surface area (Å²) in [4.78, 5) is -0.311. The summed E-state index contributed by atoms with van der Waals surface area (Å²) in [6.07, 6.45) is 0. The van der Waals surface area contributed by atoms with Gasteiger partial charge in [0, 0.05) is 5.02 Å². The summed E-state index contributed by atoms with van der Waals surface area (Å²) in [7, 11) is -4.26. The van der Waals surface area contributed by atoms with Crippen LogP contribution in [0, 0.1) is 6.92 Å². The molecule has 0 saturated carbocycles. The topological polar surface area (TPSA) is 80.4 Å². The van der Waals surface area contributed by atoms with E-state index in [1.165, 1.54) is 12.1 Å². The largest absolute Gasteiger partial charge is 0.397 e. The van der Waals surface area contributed by atoms with E-state index in [1.54, 1.807) is 6.92 Å². The average Bonchev–Trinajstić information content (AvgIpc) is 1.98. The molecule has 0 aliphatic heterocycles. The van der Waals surface area contributed by atoms with E-state index < -0.39 is 10.1 Å². The molecule has 0 aliphatic carbocycles. The standard InChI is InChI=1S/C7H8ClNO3S/c1-4-5(8)2-3-6(7(4)9)13(10,11)12/h2-3H,9H2,1H3,(H,10,11,12). The lowest BCUT2D eigenvalue weighted by atomic mass is 10.2. The van der Waals surface area contributed by atoms with Crippen LogP contribution in [0.5, 0.6) is 0 Å². The molecule has 0 saturated heterocycles. The van der Waals surface area contributed by atoms with Gasteiger partial charge < -0.3 is 5.73 Å². The van der Waals surface area contributed by atoms with E-state index in [2.05, 4.69) is 0 Å². The zero-order valence-corrected chi connectivity index (χ0v) is 8.35. The Kier molecular flexibility index (Phi) is 2.51. The lowest BCUT2D eigenvalue weighted by Gasteiger charge is -2.06. The highest BCUT2D eigenvalue weighted by Gasteiger charge is 2.16.